The van der Waals surface area contributed by atoms with Gasteiger partial charge in [0.1, 0.15) is 18.1 Å². The Balaban J connectivity index is 1.16. The standard InChI is InChI=1S/C39H32N2O7/c1-39-30(36(45)41(38(39)47)24-10-6-3-7-11-24)20-29-27(33(39)31-19-16-26(21-42)48-31)17-18-28-32(29)37(46)40(35(28)44)25-14-12-23(13-15-25)34(43)22-8-4-2-5-9-22/h2-17,19,28-30,32-33,42H,18,20-21H2,1H3. The van der Waals surface area contributed by atoms with Crippen LogP contribution in [0, 0.1) is 29.1 Å². The number of allylic oxidation sites excluding steroid dienone is 2. The molecule has 8 rings (SSSR count). The number of para-hydroxylation sites is 1. The molecule has 6 atom stereocenters. The van der Waals surface area contributed by atoms with Crippen LogP contribution in [0.15, 0.2) is 113 Å². The van der Waals surface area contributed by atoms with E-state index in [-0.39, 0.29) is 48.9 Å². The normalized spacial score (nSPS) is 27.9. The van der Waals surface area contributed by atoms with Crippen LogP contribution in [-0.4, -0.2) is 34.5 Å². The van der Waals surface area contributed by atoms with Gasteiger partial charge in [-0.3, -0.25) is 28.9 Å². The molecular formula is C39H32N2O7. The summed E-state index contributed by atoms with van der Waals surface area (Å²) in [5.41, 5.74) is 1.41. The minimum Gasteiger partial charge on any atom is -0.463 e. The zero-order chi connectivity index (χ0) is 33.3. The van der Waals surface area contributed by atoms with E-state index in [1.54, 1.807) is 91.9 Å². The highest BCUT2D eigenvalue weighted by atomic mass is 16.4. The Kier molecular flexibility index (Phi) is 6.92. The molecule has 1 N–H and O–H groups in total. The van der Waals surface area contributed by atoms with Crippen LogP contribution in [0.2, 0.25) is 0 Å². The van der Waals surface area contributed by atoms with Gasteiger partial charge in [-0.05, 0) is 74.2 Å². The largest absolute Gasteiger partial charge is 0.463 e. The Labute approximate surface area is 276 Å². The number of nitrogens with zero attached hydrogens (tertiary/aromatic N) is 2. The molecule has 9 heteroatoms. The number of carbonyl (C=O) groups excluding carboxylic acids is 5. The molecule has 1 saturated carbocycles. The van der Waals surface area contributed by atoms with Crippen LogP contribution in [-0.2, 0) is 25.8 Å². The van der Waals surface area contributed by atoms with Gasteiger partial charge in [-0.2, -0.15) is 0 Å². The van der Waals surface area contributed by atoms with Crippen molar-refractivity contribution < 1.29 is 33.5 Å². The van der Waals surface area contributed by atoms with Gasteiger partial charge in [-0.1, -0.05) is 60.2 Å². The van der Waals surface area contributed by atoms with Gasteiger partial charge in [0.25, 0.3) is 0 Å². The Morgan fingerprint density at radius 3 is 2.08 bits per heavy atom. The van der Waals surface area contributed by atoms with Crippen molar-refractivity contribution in [1.29, 1.82) is 0 Å². The van der Waals surface area contributed by atoms with E-state index in [1.165, 1.54) is 9.80 Å². The fourth-order valence-corrected chi connectivity index (χ4v) is 8.55. The van der Waals surface area contributed by atoms with E-state index in [2.05, 4.69) is 0 Å². The summed E-state index contributed by atoms with van der Waals surface area (Å²) in [6.07, 6.45) is 2.47. The van der Waals surface area contributed by atoms with Crippen molar-refractivity contribution in [2.75, 3.05) is 9.80 Å². The van der Waals surface area contributed by atoms with Crippen molar-refractivity contribution in [2.24, 2.45) is 29.1 Å². The quantitative estimate of drug-likeness (QED) is 0.169. The van der Waals surface area contributed by atoms with E-state index in [0.29, 0.717) is 34.0 Å². The van der Waals surface area contributed by atoms with Crippen molar-refractivity contribution >= 4 is 40.8 Å². The average Bonchev–Trinajstić information content (AvgIpc) is 3.75. The van der Waals surface area contributed by atoms with Crippen LogP contribution in [0.4, 0.5) is 11.4 Å². The third kappa shape index (κ3) is 4.23. The fraction of sp³-hybridized carbons (Fsp3) is 0.256. The number of furan rings is 1. The van der Waals surface area contributed by atoms with Crippen molar-refractivity contribution in [3.8, 4) is 0 Å². The zero-order valence-electron chi connectivity index (χ0n) is 26.1. The van der Waals surface area contributed by atoms with Gasteiger partial charge in [0.15, 0.2) is 5.78 Å². The molecule has 2 aliphatic heterocycles. The summed E-state index contributed by atoms with van der Waals surface area (Å²) in [5, 5.41) is 9.80. The smallest absolute Gasteiger partial charge is 0.241 e. The lowest BCUT2D eigenvalue weighted by Gasteiger charge is -2.48. The molecule has 2 saturated heterocycles. The minimum absolute atomic E-state index is 0.164. The second-order valence-corrected chi connectivity index (χ2v) is 13.2. The average molecular weight is 641 g/mol. The SMILES string of the molecule is CC12C(=O)N(c3ccccc3)C(=O)C1CC1C(=CCC3C(=O)N(c4ccc(C(=O)c5ccccc5)cc4)C(=O)C31)C2c1ccc(CO)o1. The maximum absolute atomic E-state index is 14.4. The van der Waals surface area contributed by atoms with Crippen molar-refractivity contribution in [3.05, 3.63) is 131 Å². The summed E-state index contributed by atoms with van der Waals surface area (Å²) in [7, 11) is 0. The van der Waals surface area contributed by atoms with Crippen LogP contribution in [0.25, 0.3) is 0 Å². The Morgan fingerprint density at radius 1 is 0.771 bits per heavy atom. The maximum atomic E-state index is 14.4. The molecule has 3 heterocycles. The van der Waals surface area contributed by atoms with Crippen LogP contribution < -0.4 is 9.80 Å². The molecule has 9 nitrogen and oxygen atoms in total. The summed E-state index contributed by atoms with van der Waals surface area (Å²) in [6, 6.07) is 27.5. The van der Waals surface area contributed by atoms with Crippen LogP contribution in [0.3, 0.4) is 0 Å². The van der Waals surface area contributed by atoms with Gasteiger partial charge >= 0.3 is 0 Å². The van der Waals surface area contributed by atoms with E-state index in [9.17, 15) is 29.1 Å². The number of hydrogen-bond donors (Lipinski definition) is 1. The van der Waals surface area contributed by atoms with Gasteiger partial charge in [0, 0.05) is 11.1 Å². The van der Waals surface area contributed by atoms with E-state index >= 15 is 0 Å². The molecule has 0 radical (unpaired) electrons. The highest BCUT2D eigenvalue weighted by Gasteiger charge is 2.68. The van der Waals surface area contributed by atoms with Crippen LogP contribution in [0.1, 0.15) is 53.1 Å². The van der Waals surface area contributed by atoms with Gasteiger partial charge in [-0.25, -0.2) is 4.90 Å². The number of aliphatic hydroxyl groups excluding tert-OH is 1. The molecule has 3 fully saturated rings. The Hall–Kier alpha value is -5.41. The first-order valence-electron chi connectivity index (χ1n) is 16.1. The monoisotopic (exact) mass is 640 g/mol. The van der Waals surface area contributed by atoms with Gasteiger partial charge < -0.3 is 9.52 Å². The Bertz CT molecular complexity index is 2020. The summed E-state index contributed by atoms with van der Waals surface area (Å²) < 4.78 is 6.07. The third-order valence-electron chi connectivity index (χ3n) is 10.8. The van der Waals surface area contributed by atoms with E-state index in [0.717, 1.165) is 5.57 Å². The molecule has 0 bridgehead atoms. The Morgan fingerprint density at radius 2 is 1.42 bits per heavy atom. The number of fused-ring (bicyclic) bond motifs is 4. The molecule has 0 spiro atoms. The molecule has 6 unspecified atom stereocenters. The second kappa shape index (κ2) is 11.1. The highest BCUT2D eigenvalue weighted by molar-refractivity contribution is 6.25. The predicted octanol–water partition coefficient (Wildman–Crippen LogP) is 5.44. The second-order valence-electron chi connectivity index (χ2n) is 13.2. The van der Waals surface area contributed by atoms with E-state index < -0.39 is 35.0 Å². The van der Waals surface area contributed by atoms with E-state index in [1.807, 2.05) is 18.2 Å². The molecule has 4 aromatic rings. The van der Waals surface area contributed by atoms with Crippen molar-refractivity contribution in [2.45, 2.75) is 32.3 Å². The number of ketones is 1. The first-order chi connectivity index (χ1) is 23.2. The molecule has 4 aliphatic rings. The fourth-order valence-electron chi connectivity index (χ4n) is 8.55. The maximum Gasteiger partial charge on any atom is 0.241 e. The third-order valence-corrected chi connectivity index (χ3v) is 10.8. The lowest BCUT2D eigenvalue weighted by atomic mass is 9.52. The first-order valence-corrected chi connectivity index (χ1v) is 16.1. The molecule has 240 valence electrons. The summed E-state index contributed by atoms with van der Waals surface area (Å²) in [4.78, 5) is 72.3. The molecular weight excluding hydrogens is 608 g/mol. The lowest BCUT2D eigenvalue weighted by Crippen LogP contribution is -2.48. The molecule has 48 heavy (non-hydrogen) atoms. The summed E-state index contributed by atoms with van der Waals surface area (Å²) in [6.45, 7) is 1.46. The predicted molar refractivity (Wildman–Crippen MR) is 175 cm³/mol. The molecule has 4 amide bonds. The molecule has 2 aliphatic carbocycles. The highest BCUT2D eigenvalue weighted by Crippen LogP contribution is 2.63. The zero-order valence-corrected chi connectivity index (χ0v) is 26.1. The lowest BCUT2D eigenvalue weighted by molar-refractivity contribution is -0.131. The van der Waals surface area contributed by atoms with Crippen LogP contribution >= 0.6 is 0 Å². The minimum atomic E-state index is -1.22. The number of aliphatic hydroxyl groups is 1. The first kappa shape index (κ1) is 30.0. The number of benzene rings is 3. The van der Waals surface area contributed by atoms with Gasteiger partial charge in [0.2, 0.25) is 23.6 Å². The summed E-state index contributed by atoms with van der Waals surface area (Å²) >= 11 is 0. The number of imide groups is 2. The molecule has 1 aromatic heterocycles. The molecule has 3 aromatic carbocycles. The van der Waals surface area contributed by atoms with E-state index in [4.69, 9.17) is 4.42 Å². The topological polar surface area (TPSA) is 125 Å². The van der Waals surface area contributed by atoms with Crippen molar-refractivity contribution in [3.63, 3.8) is 0 Å². The number of carbonyl (C=O) groups is 5. The number of anilines is 2. The summed E-state index contributed by atoms with van der Waals surface area (Å²) in [5.74, 6) is -4.13. The van der Waals surface area contributed by atoms with Crippen molar-refractivity contribution in [1.82, 2.24) is 0 Å². The van der Waals surface area contributed by atoms with Gasteiger partial charge in [-0.15, -0.1) is 0 Å². The number of amides is 4. The number of hydrogen-bond acceptors (Lipinski definition) is 7. The van der Waals surface area contributed by atoms with Crippen LogP contribution in [0.5, 0.6) is 0 Å². The number of rotatable bonds is 6. The van der Waals surface area contributed by atoms with Gasteiger partial charge in [0.05, 0.1) is 40.5 Å².